The minimum absolute atomic E-state index is 0.669. The van der Waals surface area contributed by atoms with Crippen LogP contribution < -0.4 is 0 Å². The molecule has 0 radical (unpaired) electrons. The van der Waals surface area contributed by atoms with Crippen molar-refractivity contribution in [2.75, 3.05) is 0 Å². The molecular weight excluding hydrogens is 356 g/mol. The highest BCUT2D eigenvalue weighted by Crippen LogP contribution is 2.52. The Kier molecular flexibility index (Phi) is 6.84. The van der Waals surface area contributed by atoms with E-state index < -0.39 is 0 Å². The second-order valence-electron chi connectivity index (χ2n) is 8.56. The summed E-state index contributed by atoms with van der Waals surface area (Å²) in [5.74, 6) is 2.06. The van der Waals surface area contributed by atoms with Gasteiger partial charge in [-0.05, 0) is 73.5 Å². The van der Waals surface area contributed by atoms with Crippen molar-refractivity contribution >= 4 is 15.9 Å². The zero-order valence-corrected chi connectivity index (χ0v) is 17.1. The Morgan fingerprint density at radius 1 is 0.958 bits per heavy atom. The Labute approximate surface area is 157 Å². The average Bonchev–Trinajstić information content (AvgIpc) is 2.63. The van der Waals surface area contributed by atoms with Gasteiger partial charge in [-0.3, -0.25) is 0 Å². The minimum atomic E-state index is 0.669. The van der Waals surface area contributed by atoms with E-state index in [0.29, 0.717) is 5.41 Å². The van der Waals surface area contributed by atoms with Crippen molar-refractivity contribution in [1.82, 2.24) is 0 Å². The molecule has 0 aliphatic heterocycles. The zero-order valence-electron chi connectivity index (χ0n) is 15.5. The Hall–Kier alpha value is -0.300. The summed E-state index contributed by atoms with van der Waals surface area (Å²) in [4.78, 5) is 0. The average molecular weight is 391 g/mol. The molecule has 2 fully saturated rings. The van der Waals surface area contributed by atoms with E-state index in [1.54, 1.807) is 0 Å². The molecule has 0 atom stereocenters. The molecule has 0 aromatic heterocycles. The molecule has 0 heterocycles. The molecule has 1 aromatic rings. The van der Waals surface area contributed by atoms with E-state index in [4.69, 9.17) is 0 Å². The van der Waals surface area contributed by atoms with Crippen molar-refractivity contribution in [2.24, 2.45) is 17.3 Å². The molecule has 134 valence electrons. The number of aryl methyl sites for hydroxylation is 1. The summed E-state index contributed by atoms with van der Waals surface area (Å²) in [6.45, 7) is 2.35. The lowest BCUT2D eigenvalue weighted by molar-refractivity contribution is 0.0454. The van der Waals surface area contributed by atoms with E-state index >= 15 is 0 Å². The highest BCUT2D eigenvalue weighted by atomic mass is 79.9. The van der Waals surface area contributed by atoms with Gasteiger partial charge in [0, 0.05) is 4.47 Å². The molecule has 0 amide bonds. The van der Waals surface area contributed by atoms with Gasteiger partial charge in [0.15, 0.2) is 0 Å². The number of hydrogen-bond acceptors (Lipinski definition) is 0. The van der Waals surface area contributed by atoms with E-state index in [0.717, 1.165) is 11.8 Å². The summed E-state index contributed by atoms with van der Waals surface area (Å²) in [5.41, 5.74) is 2.20. The summed E-state index contributed by atoms with van der Waals surface area (Å²) >= 11 is 3.56. The normalized spacial score (nSPS) is 27.1. The van der Waals surface area contributed by atoms with Crippen molar-refractivity contribution in [1.29, 1.82) is 0 Å². The van der Waals surface area contributed by atoms with Crippen molar-refractivity contribution in [3.63, 3.8) is 0 Å². The lowest BCUT2D eigenvalue weighted by Gasteiger charge is -2.47. The lowest BCUT2D eigenvalue weighted by atomic mass is 9.58. The second-order valence-corrected chi connectivity index (χ2v) is 9.47. The summed E-state index contributed by atoms with van der Waals surface area (Å²) in [5, 5.41) is 0. The van der Waals surface area contributed by atoms with Crippen LogP contribution >= 0.6 is 15.9 Å². The first-order chi connectivity index (χ1) is 11.7. The summed E-state index contributed by atoms with van der Waals surface area (Å²) < 4.78 is 1.20. The topological polar surface area (TPSA) is 0 Å². The predicted molar refractivity (Wildman–Crippen MR) is 108 cm³/mol. The van der Waals surface area contributed by atoms with Crippen molar-refractivity contribution in [2.45, 2.75) is 90.4 Å². The van der Waals surface area contributed by atoms with Crippen LogP contribution in [-0.4, -0.2) is 0 Å². The SMILES string of the molecule is CCCC1CCC(C2(CCc3ccc(Br)cc3)CCCCC2)CC1. The monoisotopic (exact) mass is 390 g/mol. The molecule has 0 unspecified atom stereocenters. The summed E-state index contributed by atoms with van der Waals surface area (Å²) in [6.07, 6.45) is 19.1. The Morgan fingerprint density at radius 3 is 2.25 bits per heavy atom. The van der Waals surface area contributed by atoms with Crippen LogP contribution in [0.5, 0.6) is 0 Å². The fraction of sp³-hybridized carbons (Fsp3) is 0.739. The van der Waals surface area contributed by atoms with Crippen LogP contribution in [0.3, 0.4) is 0 Å². The van der Waals surface area contributed by atoms with Gasteiger partial charge in [0.1, 0.15) is 0 Å². The molecule has 3 rings (SSSR count). The van der Waals surface area contributed by atoms with Crippen LogP contribution in [0.25, 0.3) is 0 Å². The summed E-state index contributed by atoms with van der Waals surface area (Å²) in [6, 6.07) is 9.05. The molecule has 0 nitrogen and oxygen atoms in total. The standard InChI is InChI=1S/C23H35Br/c1-2-6-19-7-11-21(12-8-19)23(16-4-3-5-17-23)18-15-20-9-13-22(24)14-10-20/h9-10,13-14,19,21H,2-8,11-12,15-18H2,1H3. The van der Waals surface area contributed by atoms with Gasteiger partial charge < -0.3 is 0 Å². The zero-order chi connectivity index (χ0) is 16.8. The van der Waals surface area contributed by atoms with Crippen LogP contribution in [0.1, 0.15) is 89.5 Å². The molecule has 0 bridgehead atoms. The Morgan fingerprint density at radius 2 is 1.62 bits per heavy atom. The fourth-order valence-corrected chi connectivity index (χ4v) is 5.90. The predicted octanol–water partition coefficient (Wildman–Crippen LogP) is 7.94. The Balaban J connectivity index is 1.63. The van der Waals surface area contributed by atoms with Crippen LogP contribution in [0.4, 0.5) is 0 Å². The number of rotatable bonds is 6. The molecule has 2 aliphatic carbocycles. The van der Waals surface area contributed by atoms with E-state index in [2.05, 4.69) is 47.1 Å². The van der Waals surface area contributed by atoms with Crippen LogP contribution in [0.2, 0.25) is 0 Å². The number of halogens is 1. The van der Waals surface area contributed by atoms with Crippen molar-refractivity contribution < 1.29 is 0 Å². The molecular formula is C23H35Br. The van der Waals surface area contributed by atoms with Gasteiger partial charge in [-0.1, -0.05) is 79.9 Å². The maximum Gasteiger partial charge on any atom is 0.0175 e. The summed E-state index contributed by atoms with van der Waals surface area (Å²) in [7, 11) is 0. The third-order valence-electron chi connectivity index (χ3n) is 7.08. The first-order valence-electron chi connectivity index (χ1n) is 10.5. The smallest absolute Gasteiger partial charge is 0.0175 e. The quantitative estimate of drug-likeness (QED) is 0.462. The minimum Gasteiger partial charge on any atom is -0.0654 e. The van der Waals surface area contributed by atoms with Gasteiger partial charge in [-0.15, -0.1) is 0 Å². The first-order valence-corrected chi connectivity index (χ1v) is 11.3. The molecule has 0 saturated heterocycles. The van der Waals surface area contributed by atoms with Gasteiger partial charge in [-0.25, -0.2) is 0 Å². The molecule has 1 aromatic carbocycles. The highest BCUT2D eigenvalue weighted by molar-refractivity contribution is 9.10. The fourth-order valence-electron chi connectivity index (χ4n) is 5.63. The van der Waals surface area contributed by atoms with Crippen LogP contribution in [0.15, 0.2) is 28.7 Å². The van der Waals surface area contributed by atoms with E-state index in [1.807, 2.05) is 0 Å². The third kappa shape index (κ3) is 4.65. The second kappa shape index (κ2) is 8.88. The van der Waals surface area contributed by atoms with Crippen LogP contribution in [-0.2, 0) is 6.42 Å². The molecule has 0 spiro atoms. The van der Waals surface area contributed by atoms with Gasteiger partial charge in [-0.2, -0.15) is 0 Å². The van der Waals surface area contributed by atoms with Gasteiger partial charge in [0.25, 0.3) is 0 Å². The van der Waals surface area contributed by atoms with Crippen molar-refractivity contribution in [3.05, 3.63) is 34.3 Å². The first kappa shape index (κ1) is 18.5. The van der Waals surface area contributed by atoms with Gasteiger partial charge in [0.2, 0.25) is 0 Å². The molecule has 2 aliphatic rings. The van der Waals surface area contributed by atoms with E-state index in [1.165, 1.54) is 93.5 Å². The molecule has 2 saturated carbocycles. The van der Waals surface area contributed by atoms with Gasteiger partial charge in [0.05, 0.1) is 0 Å². The van der Waals surface area contributed by atoms with E-state index in [9.17, 15) is 0 Å². The highest BCUT2D eigenvalue weighted by Gasteiger charge is 2.40. The third-order valence-corrected chi connectivity index (χ3v) is 7.61. The number of benzene rings is 1. The Bertz CT molecular complexity index is 475. The van der Waals surface area contributed by atoms with Gasteiger partial charge >= 0.3 is 0 Å². The van der Waals surface area contributed by atoms with Crippen LogP contribution in [0, 0.1) is 17.3 Å². The largest absolute Gasteiger partial charge is 0.0654 e. The molecule has 24 heavy (non-hydrogen) atoms. The maximum absolute atomic E-state index is 3.56. The van der Waals surface area contributed by atoms with Crippen molar-refractivity contribution in [3.8, 4) is 0 Å². The van der Waals surface area contributed by atoms with E-state index in [-0.39, 0.29) is 0 Å². The molecule has 1 heteroatoms. The lowest BCUT2D eigenvalue weighted by Crippen LogP contribution is -2.36. The number of hydrogen-bond donors (Lipinski definition) is 0. The maximum atomic E-state index is 3.56. The molecule has 0 N–H and O–H groups in total.